The number of carbonyl (C=O) groups excluding carboxylic acids is 1. The van der Waals surface area contributed by atoms with Gasteiger partial charge in [-0.15, -0.1) is 0 Å². The molecule has 0 aliphatic carbocycles. The fraction of sp³-hybridized carbons (Fsp3) is 0.467. The molecule has 0 unspecified atom stereocenters. The first kappa shape index (κ1) is 14.2. The van der Waals surface area contributed by atoms with E-state index in [1.54, 1.807) is 4.90 Å². The smallest absolute Gasteiger partial charge is 0.227 e. The average molecular weight is 244 g/mol. The van der Waals surface area contributed by atoms with E-state index in [4.69, 9.17) is 5.26 Å². The van der Waals surface area contributed by atoms with Gasteiger partial charge in [0.05, 0.1) is 12.5 Å². The van der Waals surface area contributed by atoms with Crippen LogP contribution >= 0.6 is 0 Å². The molecule has 0 bridgehead atoms. The number of carbonyl (C=O) groups is 1. The average Bonchev–Trinajstić information content (AvgIpc) is 2.35. The number of nitriles is 1. The Morgan fingerprint density at radius 2 is 2.11 bits per heavy atom. The molecule has 0 saturated heterocycles. The van der Waals surface area contributed by atoms with Gasteiger partial charge in [0.2, 0.25) is 5.91 Å². The van der Waals surface area contributed by atoms with Crippen LogP contribution in [-0.2, 0) is 4.79 Å². The molecule has 1 amide bonds. The van der Waals surface area contributed by atoms with Crippen LogP contribution < -0.4 is 4.90 Å². The maximum absolute atomic E-state index is 12.1. The highest BCUT2D eigenvalue weighted by Crippen LogP contribution is 2.23. The third kappa shape index (κ3) is 3.33. The molecule has 0 N–H and O–H groups in total. The molecule has 0 heterocycles. The lowest BCUT2D eigenvalue weighted by Gasteiger charge is -2.24. The highest BCUT2D eigenvalue weighted by Gasteiger charge is 2.16. The first-order valence-electron chi connectivity index (χ1n) is 6.35. The number of benzene rings is 1. The van der Waals surface area contributed by atoms with Crippen LogP contribution in [0.1, 0.15) is 37.3 Å². The van der Waals surface area contributed by atoms with E-state index in [-0.39, 0.29) is 5.91 Å². The number of anilines is 1. The van der Waals surface area contributed by atoms with Crippen molar-refractivity contribution in [3.63, 3.8) is 0 Å². The lowest BCUT2D eigenvalue weighted by Crippen LogP contribution is -2.32. The minimum atomic E-state index is 0.0986. The number of aryl methyl sites for hydroxylation is 1. The van der Waals surface area contributed by atoms with E-state index < -0.39 is 0 Å². The molecule has 3 heteroatoms. The van der Waals surface area contributed by atoms with Gasteiger partial charge in [-0.2, -0.15) is 5.26 Å². The molecule has 96 valence electrons. The minimum absolute atomic E-state index is 0.0986. The van der Waals surface area contributed by atoms with Crippen LogP contribution in [0, 0.1) is 25.2 Å². The second kappa shape index (κ2) is 6.80. The van der Waals surface area contributed by atoms with Crippen molar-refractivity contribution in [2.75, 3.05) is 11.4 Å². The number of hydrogen-bond donors (Lipinski definition) is 0. The molecule has 0 aliphatic heterocycles. The molecule has 0 aromatic heterocycles. The van der Waals surface area contributed by atoms with E-state index in [9.17, 15) is 4.79 Å². The van der Waals surface area contributed by atoms with E-state index in [1.807, 2.05) is 39.0 Å². The predicted octanol–water partition coefficient (Wildman–Crippen LogP) is 3.35. The first-order chi connectivity index (χ1) is 8.61. The van der Waals surface area contributed by atoms with Crippen LogP contribution in [0.5, 0.6) is 0 Å². The van der Waals surface area contributed by atoms with Gasteiger partial charge < -0.3 is 4.90 Å². The largest absolute Gasteiger partial charge is 0.311 e. The summed E-state index contributed by atoms with van der Waals surface area (Å²) in [6.45, 7) is 6.51. The molecule has 0 atom stereocenters. The topological polar surface area (TPSA) is 44.1 Å². The van der Waals surface area contributed by atoms with Crippen molar-refractivity contribution in [3.05, 3.63) is 29.3 Å². The SMILES string of the molecule is CCCC(=O)N(CCC#N)c1cccc(C)c1C. The molecule has 0 spiro atoms. The van der Waals surface area contributed by atoms with Gasteiger partial charge in [-0.1, -0.05) is 19.1 Å². The van der Waals surface area contributed by atoms with Crippen molar-refractivity contribution in [1.29, 1.82) is 5.26 Å². The van der Waals surface area contributed by atoms with Gasteiger partial charge in [0.1, 0.15) is 0 Å². The number of rotatable bonds is 5. The van der Waals surface area contributed by atoms with Crippen LogP contribution in [0.2, 0.25) is 0 Å². The third-order valence-corrected chi connectivity index (χ3v) is 3.08. The summed E-state index contributed by atoms with van der Waals surface area (Å²) >= 11 is 0. The van der Waals surface area contributed by atoms with E-state index in [1.165, 1.54) is 5.56 Å². The van der Waals surface area contributed by atoms with Crippen molar-refractivity contribution in [1.82, 2.24) is 0 Å². The molecule has 0 radical (unpaired) electrons. The minimum Gasteiger partial charge on any atom is -0.311 e. The lowest BCUT2D eigenvalue weighted by molar-refractivity contribution is -0.118. The van der Waals surface area contributed by atoms with Crippen LogP contribution in [-0.4, -0.2) is 12.5 Å². The summed E-state index contributed by atoms with van der Waals surface area (Å²) in [5.74, 6) is 0.0986. The molecule has 0 saturated carbocycles. The Morgan fingerprint density at radius 3 is 2.72 bits per heavy atom. The van der Waals surface area contributed by atoms with Gasteiger partial charge in [-0.25, -0.2) is 0 Å². The second-order valence-corrected chi connectivity index (χ2v) is 4.42. The molecular weight excluding hydrogens is 224 g/mol. The van der Waals surface area contributed by atoms with E-state index in [2.05, 4.69) is 6.07 Å². The second-order valence-electron chi connectivity index (χ2n) is 4.42. The number of hydrogen-bond acceptors (Lipinski definition) is 2. The van der Waals surface area contributed by atoms with Crippen LogP contribution in [0.3, 0.4) is 0 Å². The highest BCUT2D eigenvalue weighted by atomic mass is 16.2. The molecular formula is C15H20N2O. The van der Waals surface area contributed by atoms with Crippen LogP contribution in [0.25, 0.3) is 0 Å². The van der Waals surface area contributed by atoms with Crippen molar-refractivity contribution in [3.8, 4) is 6.07 Å². The Hall–Kier alpha value is -1.82. The summed E-state index contributed by atoms with van der Waals surface area (Å²) in [5.41, 5.74) is 3.21. The zero-order chi connectivity index (χ0) is 13.5. The predicted molar refractivity (Wildman–Crippen MR) is 73.4 cm³/mol. The fourth-order valence-corrected chi connectivity index (χ4v) is 1.92. The van der Waals surface area contributed by atoms with Crippen LogP contribution in [0.4, 0.5) is 5.69 Å². The highest BCUT2D eigenvalue weighted by molar-refractivity contribution is 5.94. The Balaban J connectivity index is 3.05. The lowest BCUT2D eigenvalue weighted by atomic mass is 10.1. The van der Waals surface area contributed by atoms with Gasteiger partial charge >= 0.3 is 0 Å². The Labute approximate surface area is 109 Å². The van der Waals surface area contributed by atoms with Gasteiger partial charge in [0.25, 0.3) is 0 Å². The zero-order valence-electron chi connectivity index (χ0n) is 11.4. The van der Waals surface area contributed by atoms with E-state index in [0.29, 0.717) is 19.4 Å². The number of amides is 1. The van der Waals surface area contributed by atoms with E-state index >= 15 is 0 Å². The molecule has 3 nitrogen and oxygen atoms in total. The third-order valence-electron chi connectivity index (χ3n) is 3.08. The standard InChI is InChI=1S/C15H20N2O/c1-4-7-15(18)17(11-6-10-16)14-9-5-8-12(2)13(14)3/h5,8-9H,4,6-7,11H2,1-3H3. The van der Waals surface area contributed by atoms with Crippen LogP contribution in [0.15, 0.2) is 18.2 Å². The quantitative estimate of drug-likeness (QED) is 0.797. The Bertz CT molecular complexity index is 460. The van der Waals surface area contributed by atoms with Gasteiger partial charge in [-0.05, 0) is 37.5 Å². The Kier molecular flexibility index (Phi) is 5.38. The summed E-state index contributed by atoms with van der Waals surface area (Å²) in [5, 5.41) is 8.71. The summed E-state index contributed by atoms with van der Waals surface area (Å²) < 4.78 is 0. The number of nitrogens with zero attached hydrogens (tertiary/aromatic N) is 2. The summed E-state index contributed by atoms with van der Waals surface area (Å²) in [7, 11) is 0. The molecule has 0 fully saturated rings. The zero-order valence-corrected chi connectivity index (χ0v) is 11.4. The van der Waals surface area contributed by atoms with Gasteiger partial charge in [0, 0.05) is 18.7 Å². The normalized spacial score (nSPS) is 9.89. The summed E-state index contributed by atoms with van der Waals surface area (Å²) in [6.07, 6.45) is 1.72. The maximum atomic E-state index is 12.1. The maximum Gasteiger partial charge on any atom is 0.227 e. The van der Waals surface area contributed by atoms with Crippen molar-refractivity contribution < 1.29 is 4.79 Å². The van der Waals surface area contributed by atoms with Crippen molar-refractivity contribution in [2.24, 2.45) is 0 Å². The fourth-order valence-electron chi connectivity index (χ4n) is 1.92. The van der Waals surface area contributed by atoms with E-state index in [0.717, 1.165) is 17.7 Å². The van der Waals surface area contributed by atoms with Gasteiger partial charge in [-0.3, -0.25) is 4.79 Å². The monoisotopic (exact) mass is 244 g/mol. The Morgan fingerprint density at radius 1 is 1.39 bits per heavy atom. The molecule has 1 rings (SSSR count). The van der Waals surface area contributed by atoms with Gasteiger partial charge in [0.15, 0.2) is 0 Å². The summed E-state index contributed by atoms with van der Waals surface area (Å²) in [6, 6.07) is 8.04. The molecule has 1 aromatic carbocycles. The van der Waals surface area contributed by atoms with Crippen molar-refractivity contribution >= 4 is 11.6 Å². The van der Waals surface area contributed by atoms with Crippen molar-refractivity contribution in [2.45, 2.75) is 40.0 Å². The first-order valence-corrected chi connectivity index (χ1v) is 6.35. The summed E-state index contributed by atoms with van der Waals surface area (Å²) in [4.78, 5) is 13.9. The molecule has 0 aliphatic rings. The molecule has 18 heavy (non-hydrogen) atoms. The molecule has 1 aromatic rings.